The molecule has 0 spiro atoms. The minimum atomic E-state index is -0.762. The Hall–Kier alpha value is -1.53. The Kier molecular flexibility index (Phi) is 5.85. The van der Waals surface area contributed by atoms with Crippen LogP contribution in [0, 0.1) is 0 Å². The third-order valence-electron chi connectivity index (χ3n) is 2.81. The van der Waals surface area contributed by atoms with E-state index >= 15 is 0 Å². The SMILES string of the molecule is COc1ccccc1OC(=O)C(C)Oc1ccc(Br)cc1Br. The molecule has 2 aromatic rings. The van der Waals surface area contributed by atoms with Gasteiger partial charge in [0.05, 0.1) is 11.6 Å². The van der Waals surface area contributed by atoms with Crippen LogP contribution in [-0.4, -0.2) is 19.2 Å². The van der Waals surface area contributed by atoms with Gasteiger partial charge in [-0.1, -0.05) is 28.1 Å². The van der Waals surface area contributed by atoms with E-state index < -0.39 is 12.1 Å². The topological polar surface area (TPSA) is 44.8 Å². The lowest BCUT2D eigenvalue weighted by molar-refractivity contribution is -0.141. The predicted octanol–water partition coefficient (Wildman–Crippen LogP) is 4.59. The number of ether oxygens (including phenoxy) is 3. The van der Waals surface area contributed by atoms with Crippen molar-refractivity contribution in [3.8, 4) is 17.2 Å². The second-order valence-corrected chi connectivity index (χ2v) is 6.18. The summed E-state index contributed by atoms with van der Waals surface area (Å²) in [6, 6.07) is 12.4. The van der Waals surface area contributed by atoms with Gasteiger partial charge in [0.25, 0.3) is 0 Å². The molecule has 1 unspecified atom stereocenters. The van der Waals surface area contributed by atoms with E-state index in [4.69, 9.17) is 14.2 Å². The van der Waals surface area contributed by atoms with Crippen molar-refractivity contribution in [3.05, 3.63) is 51.4 Å². The zero-order chi connectivity index (χ0) is 16.1. The number of para-hydroxylation sites is 2. The average Bonchev–Trinajstić information content (AvgIpc) is 2.50. The Morgan fingerprint density at radius 1 is 1.05 bits per heavy atom. The number of benzene rings is 2. The van der Waals surface area contributed by atoms with Crippen LogP contribution in [0.15, 0.2) is 51.4 Å². The van der Waals surface area contributed by atoms with Crippen molar-refractivity contribution in [1.82, 2.24) is 0 Å². The smallest absolute Gasteiger partial charge is 0.352 e. The zero-order valence-corrected chi connectivity index (χ0v) is 15.2. The summed E-state index contributed by atoms with van der Waals surface area (Å²) in [5.74, 6) is 0.917. The molecule has 1 atom stereocenters. The summed E-state index contributed by atoms with van der Waals surface area (Å²) in [7, 11) is 1.52. The summed E-state index contributed by atoms with van der Waals surface area (Å²) in [5, 5.41) is 0. The highest BCUT2D eigenvalue weighted by molar-refractivity contribution is 9.11. The summed E-state index contributed by atoms with van der Waals surface area (Å²) < 4.78 is 17.8. The Morgan fingerprint density at radius 2 is 1.73 bits per heavy atom. The van der Waals surface area contributed by atoms with Gasteiger partial charge in [-0.25, -0.2) is 4.79 Å². The number of halogens is 2. The van der Waals surface area contributed by atoms with E-state index in [1.54, 1.807) is 37.3 Å². The monoisotopic (exact) mass is 428 g/mol. The summed E-state index contributed by atoms with van der Waals surface area (Å²) in [4.78, 5) is 12.1. The number of hydrogen-bond donors (Lipinski definition) is 0. The molecule has 0 aromatic heterocycles. The molecule has 0 aliphatic rings. The molecule has 0 aliphatic carbocycles. The van der Waals surface area contributed by atoms with Crippen molar-refractivity contribution in [2.75, 3.05) is 7.11 Å². The Labute approximate surface area is 145 Å². The third-order valence-corrected chi connectivity index (χ3v) is 3.92. The standard InChI is InChI=1S/C16H14Br2O4/c1-10(21-13-8-7-11(17)9-12(13)18)16(19)22-15-6-4-3-5-14(15)20-2/h3-10H,1-2H3. The van der Waals surface area contributed by atoms with Crippen LogP contribution in [0.4, 0.5) is 0 Å². The fourth-order valence-electron chi connectivity index (χ4n) is 1.70. The van der Waals surface area contributed by atoms with Crippen LogP contribution in [-0.2, 0) is 4.79 Å². The largest absolute Gasteiger partial charge is 0.493 e. The summed E-state index contributed by atoms with van der Waals surface area (Å²) >= 11 is 6.75. The van der Waals surface area contributed by atoms with Crippen LogP contribution in [0.5, 0.6) is 17.2 Å². The Morgan fingerprint density at radius 3 is 2.36 bits per heavy atom. The minimum Gasteiger partial charge on any atom is -0.493 e. The van der Waals surface area contributed by atoms with E-state index in [-0.39, 0.29) is 0 Å². The maximum atomic E-state index is 12.1. The minimum absolute atomic E-state index is 0.361. The lowest BCUT2D eigenvalue weighted by Gasteiger charge is -2.16. The molecule has 116 valence electrons. The fraction of sp³-hybridized carbons (Fsp3) is 0.188. The molecule has 22 heavy (non-hydrogen) atoms. The first kappa shape index (κ1) is 16.8. The highest BCUT2D eigenvalue weighted by Crippen LogP contribution is 2.30. The van der Waals surface area contributed by atoms with Crippen molar-refractivity contribution < 1.29 is 19.0 Å². The molecule has 0 N–H and O–H groups in total. The summed E-state index contributed by atoms with van der Waals surface area (Å²) in [6.45, 7) is 1.63. The summed E-state index contributed by atoms with van der Waals surface area (Å²) in [6.07, 6.45) is -0.762. The van der Waals surface area contributed by atoms with Crippen molar-refractivity contribution in [2.45, 2.75) is 13.0 Å². The lowest BCUT2D eigenvalue weighted by Crippen LogP contribution is -2.28. The molecule has 6 heteroatoms. The molecule has 2 rings (SSSR count). The number of esters is 1. The van der Waals surface area contributed by atoms with Gasteiger partial charge >= 0.3 is 5.97 Å². The van der Waals surface area contributed by atoms with Gasteiger partial charge < -0.3 is 14.2 Å². The van der Waals surface area contributed by atoms with Gasteiger partial charge in [-0.15, -0.1) is 0 Å². The number of methoxy groups -OCH3 is 1. The first-order valence-electron chi connectivity index (χ1n) is 6.47. The van der Waals surface area contributed by atoms with E-state index in [1.807, 2.05) is 12.1 Å². The number of rotatable bonds is 5. The molecule has 2 aromatic carbocycles. The molecule has 0 amide bonds. The molecule has 0 aliphatic heterocycles. The highest BCUT2D eigenvalue weighted by atomic mass is 79.9. The molecule has 0 bridgehead atoms. The average molecular weight is 430 g/mol. The normalized spacial score (nSPS) is 11.6. The second kappa shape index (κ2) is 7.65. The number of hydrogen-bond acceptors (Lipinski definition) is 4. The first-order valence-corrected chi connectivity index (χ1v) is 8.06. The van der Waals surface area contributed by atoms with Crippen LogP contribution < -0.4 is 14.2 Å². The van der Waals surface area contributed by atoms with E-state index in [1.165, 1.54) is 7.11 Å². The van der Waals surface area contributed by atoms with E-state index in [0.29, 0.717) is 17.2 Å². The maximum absolute atomic E-state index is 12.1. The molecule has 0 fully saturated rings. The van der Waals surface area contributed by atoms with Gasteiger partial charge in [0.2, 0.25) is 0 Å². The molecule has 0 heterocycles. The molecule has 0 radical (unpaired) electrons. The van der Waals surface area contributed by atoms with E-state index in [9.17, 15) is 4.79 Å². The van der Waals surface area contributed by atoms with Crippen LogP contribution in [0.2, 0.25) is 0 Å². The second-order valence-electron chi connectivity index (χ2n) is 4.41. The number of carbonyl (C=O) groups excluding carboxylic acids is 1. The van der Waals surface area contributed by atoms with E-state index in [2.05, 4.69) is 31.9 Å². The molecule has 0 saturated heterocycles. The van der Waals surface area contributed by atoms with Gasteiger partial charge in [-0.05, 0) is 53.2 Å². The molecule has 0 saturated carbocycles. The fourth-order valence-corrected chi connectivity index (χ4v) is 2.84. The van der Waals surface area contributed by atoms with Crippen molar-refractivity contribution in [3.63, 3.8) is 0 Å². The van der Waals surface area contributed by atoms with E-state index in [0.717, 1.165) is 8.95 Å². The van der Waals surface area contributed by atoms with Crippen LogP contribution >= 0.6 is 31.9 Å². The maximum Gasteiger partial charge on any atom is 0.352 e. The molecular formula is C16H14Br2O4. The predicted molar refractivity (Wildman–Crippen MR) is 90.6 cm³/mol. The Balaban J connectivity index is 2.06. The highest BCUT2D eigenvalue weighted by Gasteiger charge is 2.20. The molecular weight excluding hydrogens is 416 g/mol. The van der Waals surface area contributed by atoms with Crippen LogP contribution in [0.1, 0.15) is 6.92 Å². The number of carbonyl (C=O) groups is 1. The van der Waals surface area contributed by atoms with Gasteiger partial charge in [-0.2, -0.15) is 0 Å². The van der Waals surface area contributed by atoms with Gasteiger partial charge in [0.15, 0.2) is 17.6 Å². The molecule has 4 nitrogen and oxygen atoms in total. The zero-order valence-electron chi connectivity index (χ0n) is 12.0. The van der Waals surface area contributed by atoms with Gasteiger partial charge in [0, 0.05) is 4.47 Å². The van der Waals surface area contributed by atoms with Gasteiger partial charge in [-0.3, -0.25) is 0 Å². The Bertz CT molecular complexity index is 673. The quantitative estimate of drug-likeness (QED) is 0.514. The van der Waals surface area contributed by atoms with Crippen LogP contribution in [0.3, 0.4) is 0 Å². The third kappa shape index (κ3) is 4.24. The van der Waals surface area contributed by atoms with Crippen molar-refractivity contribution >= 4 is 37.8 Å². The lowest BCUT2D eigenvalue weighted by atomic mass is 10.3. The summed E-state index contributed by atoms with van der Waals surface area (Å²) in [5.41, 5.74) is 0. The van der Waals surface area contributed by atoms with Crippen LogP contribution in [0.25, 0.3) is 0 Å². The first-order chi connectivity index (χ1) is 10.5. The van der Waals surface area contributed by atoms with Gasteiger partial charge in [0.1, 0.15) is 5.75 Å². The van der Waals surface area contributed by atoms with Crippen molar-refractivity contribution in [1.29, 1.82) is 0 Å². The van der Waals surface area contributed by atoms with Crippen molar-refractivity contribution in [2.24, 2.45) is 0 Å².